The molecule has 15 heteroatoms. The molecule has 2 atom stereocenters. The van der Waals surface area contributed by atoms with Gasteiger partial charge in [-0.1, -0.05) is 6.07 Å². The number of phosphoric acid groups is 1. The molecular formula is C27H31F3N3Na2O6P. The van der Waals surface area contributed by atoms with Gasteiger partial charge in [-0.2, -0.15) is 13.2 Å². The topological polar surface area (TPSA) is 126 Å². The van der Waals surface area contributed by atoms with Gasteiger partial charge in [0, 0.05) is 37.1 Å². The van der Waals surface area contributed by atoms with Crippen LogP contribution in [0, 0.1) is 11.8 Å². The van der Waals surface area contributed by atoms with Crippen LogP contribution in [0.15, 0.2) is 36.4 Å². The molecule has 5 rings (SSSR count). The average molecular weight is 628 g/mol. The van der Waals surface area contributed by atoms with Crippen molar-refractivity contribution in [2.45, 2.75) is 57.0 Å². The number of hydrogen-bond donors (Lipinski definition) is 2. The maximum Gasteiger partial charge on any atom is 1.00 e. The Morgan fingerprint density at radius 1 is 1.05 bits per heavy atom. The molecule has 2 aromatic rings. The quantitative estimate of drug-likeness (QED) is 0.235. The van der Waals surface area contributed by atoms with Crippen LogP contribution >= 0.6 is 7.82 Å². The van der Waals surface area contributed by atoms with E-state index in [1.165, 1.54) is 19.6 Å². The molecular weight excluding hydrogens is 596 g/mol. The Bertz CT molecular complexity index is 1300. The summed E-state index contributed by atoms with van der Waals surface area (Å²) in [5.41, 5.74) is 1.28. The fourth-order valence-electron chi connectivity index (χ4n) is 5.72. The maximum atomic E-state index is 13.5. The van der Waals surface area contributed by atoms with E-state index in [1.54, 1.807) is 12.1 Å². The molecule has 218 valence electrons. The number of rotatable bonds is 9. The smallest absolute Gasteiger partial charge is 0.790 e. The number of benzene rings is 2. The molecule has 1 saturated heterocycles. The summed E-state index contributed by atoms with van der Waals surface area (Å²) in [4.78, 5) is 37.4. The van der Waals surface area contributed by atoms with Gasteiger partial charge in [-0.3, -0.25) is 4.79 Å². The molecule has 0 aromatic heterocycles. The number of halogens is 3. The summed E-state index contributed by atoms with van der Waals surface area (Å²) >= 11 is 0. The minimum atomic E-state index is -5.07. The summed E-state index contributed by atoms with van der Waals surface area (Å²) in [7, 11) is -3.88. The van der Waals surface area contributed by atoms with Crippen LogP contribution in [0.2, 0.25) is 0 Å². The van der Waals surface area contributed by atoms with Crippen LogP contribution in [0.4, 0.5) is 24.5 Å². The predicted octanol–water partition coefficient (Wildman–Crippen LogP) is -2.32. The molecule has 9 nitrogen and oxygen atoms in total. The van der Waals surface area contributed by atoms with E-state index in [0.29, 0.717) is 54.3 Å². The van der Waals surface area contributed by atoms with E-state index in [-0.39, 0.29) is 83.4 Å². The number of carbonyl (C=O) groups excluding carboxylic acids is 1. The normalized spacial score (nSPS) is 23.2. The van der Waals surface area contributed by atoms with Gasteiger partial charge < -0.3 is 39.1 Å². The van der Waals surface area contributed by atoms with Gasteiger partial charge >= 0.3 is 65.3 Å². The van der Waals surface area contributed by atoms with E-state index in [0.717, 1.165) is 24.8 Å². The summed E-state index contributed by atoms with van der Waals surface area (Å²) in [6, 6.07) is 9.07. The number of piperidine rings is 1. The summed E-state index contributed by atoms with van der Waals surface area (Å²) < 4.78 is 60.9. The van der Waals surface area contributed by atoms with Gasteiger partial charge in [0.15, 0.2) is 0 Å². The summed E-state index contributed by atoms with van der Waals surface area (Å²) in [6.45, 7) is 1.93. The number of nitrogens with zero attached hydrogens (tertiary/aromatic N) is 1. The van der Waals surface area contributed by atoms with Crippen molar-refractivity contribution in [2.24, 2.45) is 11.8 Å². The van der Waals surface area contributed by atoms with Crippen molar-refractivity contribution in [1.82, 2.24) is 5.32 Å². The largest absolute Gasteiger partial charge is 1.00 e. The second-order valence-corrected chi connectivity index (χ2v) is 11.9. The maximum absolute atomic E-state index is 13.5. The molecule has 2 N–H and O–H groups in total. The molecule has 2 unspecified atom stereocenters. The van der Waals surface area contributed by atoms with E-state index in [1.807, 2.05) is 12.1 Å². The van der Waals surface area contributed by atoms with E-state index >= 15 is 0 Å². The Morgan fingerprint density at radius 3 is 2.31 bits per heavy atom. The van der Waals surface area contributed by atoms with Gasteiger partial charge in [0.05, 0.1) is 32.2 Å². The summed E-state index contributed by atoms with van der Waals surface area (Å²) in [5.74, 6) is 0.762. The molecule has 1 heterocycles. The molecule has 1 amide bonds. The van der Waals surface area contributed by atoms with Gasteiger partial charge in [0.1, 0.15) is 5.75 Å². The average Bonchev–Trinajstić information content (AvgIpc) is 3.51. The predicted molar refractivity (Wildman–Crippen MR) is 138 cm³/mol. The van der Waals surface area contributed by atoms with Crippen LogP contribution in [-0.4, -0.2) is 38.3 Å². The number of anilines is 2. The van der Waals surface area contributed by atoms with Crippen LogP contribution in [0.5, 0.6) is 5.75 Å². The van der Waals surface area contributed by atoms with Crippen LogP contribution in [0.25, 0.3) is 0 Å². The van der Waals surface area contributed by atoms with Crippen LogP contribution in [0.1, 0.15) is 53.6 Å². The van der Waals surface area contributed by atoms with Gasteiger partial charge in [-0.15, -0.1) is 0 Å². The van der Waals surface area contributed by atoms with Crippen molar-refractivity contribution in [3.63, 3.8) is 0 Å². The van der Waals surface area contributed by atoms with Crippen molar-refractivity contribution >= 4 is 25.1 Å². The van der Waals surface area contributed by atoms with E-state index in [2.05, 4.69) is 20.1 Å². The first-order valence-electron chi connectivity index (χ1n) is 13.3. The fraction of sp³-hybridized carbons (Fsp3) is 0.519. The molecule has 3 aliphatic rings. The Hall–Kier alpha value is -0.790. The summed E-state index contributed by atoms with van der Waals surface area (Å²) in [6.07, 6.45) is -2.51. The number of methoxy groups -OCH3 is 1. The van der Waals surface area contributed by atoms with Crippen molar-refractivity contribution in [1.29, 1.82) is 0 Å². The second-order valence-electron chi connectivity index (χ2n) is 10.8. The minimum Gasteiger partial charge on any atom is -0.790 e. The second kappa shape index (κ2) is 14.5. The third kappa shape index (κ3) is 9.12. The molecule has 2 aromatic carbocycles. The number of nitrogens with one attached hydrogen (secondary N) is 2. The molecule has 3 fully saturated rings. The monoisotopic (exact) mass is 627 g/mol. The van der Waals surface area contributed by atoms with Crippen LogP contribution in [0.3, 0.4) is 0 Å². The number of alkyl halides is 3. The Kier molecular flexibility index (Phi) is 12.4. The molecule has 2 saturated carbocycles. The van der Waals surface area contributed by atoms with Gasteiger partial charge in [-0.05, 0) is 79.8 Å². The number of amides is 1. The minimum absolute atomic E-state index is 0. The summed E-state index contributed by atoms with van der Waals surface area (Å²) in [5, 5.41) is 6.13. The van der Waals surface area contributed by atoms with E-state index in [4.69, 9.17) is 4.74 Å². The van der Waals surface area contributed by atoms with Crippen molar-refractivity contribution in [2.75, 3.05) is 30.4 Å². The van der Waals surface area contributed by atoms with Crippen molar-refractivity contribution in [3.8, 4) is 5.75 Å². The zero-order chi connectivity index (χ0) is 28.7. The first-order valence-corrected chi connectivity index (χ1v) is 14.7. The van der Waals surface area contributed by atoms with E-state index < -0.39 is 25.7 Å². The zero-order valence-electron chi connectivity index (χ0n) is 23.9. The first-order chi connectivity index (χ1) is 18.9. The number of hydrogen-bond acceptors (Lipinski definition) is 8. The SMILES string of the molecule is COc1ccc(CNc2cc(N3CC4CC4C3)ccc2C(=O)NC2CCC(OP(=O)([O-])[O-])CC2)cc1C(F)(F)F.[Na+].[Na+]. The number of carbonyl (C=O) groups is 1. The zero-order valence-corrected chi connectivity index (χ0v) is 28.8. The molecule has 0 bridgehead atoms. The number of phosphoric ester groups is 1. The standard InChI is InChI=1S/C27H33F3N3O6P.2Na/c1-38-25-9-2-16(10-23(25)27(28,29)30)13-31-24-12-20(33-14-17-11-18(17)15-33)5-8-22(24)26(34)32-19-3-6-21(7-4-19)39-40(35,36)37;;/h2,5,8-10,12,17-19,21,31H,3-4,6-7,11,13-15H2,1H3,(H,32,34)(H2,35,36,37);;/q;2*+1/p-2. The third-order valence-corrected chi connectivity index (χ3v) is 8.49. The van der Waals surface area contributed by atoms with Gasteiger partial charge in [0.25, 0.3) is 5.91 Å². The Balaban J connectivity index is 0.00000242. The van der Waals surface area contributed by atoms with Crippen molar-refractivity contribution < 1.29 is 101 Å². The molecule has 1 aliphatic heterocycles. The van der Waals surface area contributed by atoms with Crippen molar-refractivity contribution in [3.05, 3.63) is 53.1 Å². The van der Waals surface area contributed by atoms with Gasteiger partial charge in [-0.25, -0.2) is 0 Å². The fourth-order valence-corrected chi connectivity index (χ4v) is 6.30. The van der Waals surface area contributed by atoms with Crippen LogP contribution < -0.4 is 89.2 Å². The molecule has 0 spiro atoms. The Morgan fingerprint density at radius 2 is 1.71 bits per heavy atom. The molecule has 0 radical (unpaired) electrons. The third-order valence-electron chi connectivity index (χ3n) is 7.93. The molecule has 42 heavy (non-hydrogen) atoms. The van der Waals surface area contributed by atoms with Crippen LogP contribution in [-0.2, 0) is 21.8 Å². The first kappa shape index (κ1) is 35.7. The van der Waals surface area contributed by atoms with Gasteiger partial charge in [0.2, 0.25) is 0 Å². The van der Waals surface area contributed by atoms with E-state index in [9.17, 15) is 32.3 Å². The Labute approximate surface area is 287 Å². The number of ether oxygens (including phenoxy) is 1. The molecule has 2 aliphatic carbocycles. The number of fused-ring (bicyclic) bond motifs is 1.